The minimum absolute atomic E-state index is 0.0656. The Morgan fingerprint density at radius 3 is 2.62 bits per heavy atom. The number of rotatable bonds is 7. The van der Waals surface area contributed by atoms with Crippen LogP contribution in [-0.4, -0.2) is 44.5 Å². The van der Waals surface area contributed by atoms with Gasteiger partial charge in [-0.05, 0) is 53.3 Å². The van der Waals surface area contributed by atoms with Crippen LogP contribution in [0.4, 0.5) is 0 Å². The van der Waals surface area contributed by atoms with Gasteiger partial charge in [0.2, 0.25) is 5.91 Å². The van der Waals surface area contributed by atoms with E-state index < -0.39 is 5.92 Å². The van der Waals surface area contributed by atoms with Gasteiger partial charge in [-0.25, -0.2) is 0 Å². The van der Waals surface area contributed by atoms with Gasteiger partial charge in [-0.15, -0.1) is 11.3 Å². The van der Waals surface area contributed by atoms with Crippen molar-refractivity contribution in [2.75, 3.05) is 27.8 Å². The molecule has 0 spiro atoms. The zero-order valence-corrected chi connectivity index (χ0v) is 19.1. The molecule has 0 bridgehead atoms. The number of carbonyl (C=O) groups excluding carboxylic acids is 2. The average Bonchev–Trinajstić information content (AvgIpc) is 3.35. The molecule has 2 aromatic carbocycles. The van der Waals surface area contributed by atoms with E-state index in [9.17, 15) is 9.59 Å². The first-order valence-corrected chi connectivity index (χ1v) is 11.3. The fraction of sp³-hybridized carbons (Fsp3) is 0.280. The molecular weight excluding hydrogens is 424 g/mol. The predicted molar refractivity (Wildman–Crippen MR) is 125 cm³/mol. The summed E-state index contributed by atoms with van der Waals surface area (Å²) in [5.74, 6) is 0.845. The third-order valence-electron chi connectivity index (χ3n) is 5.88. The molecule has 0 aliphatic carbocycles. The Labute approximate surface area is 191 Å². The number of likely N-dealkylation sites (N-methyl/N-ethyl adjacent to an activating group) is 1. The van der Waals surface area contributed by atoms with Crippen molar-refractivity contribution in [3.63, 3.8) is 0 Å². The molecule has 2 amide bonds. The first kappa shape index (κ1) is 21.9. The molecule has 0 saturated heterocycles. The minimum Gasteiger partial charge on any atom is -0.497 e. The number of carbonyl (C=O) groups is 2. The number of benzene rings is 2. The van der Waals surface area contributed by atoms with Crippen LogP contribution in [0.3, 0.4) is 0 Å². The number of nitrogens with zero attached hydrogens (tertiary/aromatic N) is 1. The van der Waals surface area contributed by atoms with Crippen molar-refractivity contribution in [2.45, 2.75) is 18.4 Å². The summed E-state index contributed by atoms with van der Waals surface area (Å²) >= 11 is 1.56. The molecule has 0 unspecified atom stereocenters. The number of hydrogen-bond acceptors (Lipinski definition) is 5. The molecular formula is C25H26N2O4S. The first-order chi connectivity index (χ1) is 15.5. The van der Waals surface area contributed by atoms with Crippen molar-refractivity contribution in [1.82, 2.24) is 10.2 Å². The summed E-state index contributed by atoms with van der Waals surface area (Å²) in [6.45, 7) is 0.440. The van der Waals surface area contributed by atoms with Gasteiger partial charge in [-0.2, -0.15) is 0 Å². The van der Waals surface area contributed by atoms with Crippen molar-refractivity contribution < 1.29 is 19.1 Å². The summed E-state index contributed by atoms with van der Waals surface area (Å²) in [6, 6.07) is 16.6. The molecule has 7 heteroatoms. The third kappa shape index (κ3) is 4.08. The largest absolute Gasteiger partial charge is 0.497 e. The Morgan fingerprint density at radius 2 is 1.91 bits per heavy atom. The molecule has 1 N–H and O–H groups in total. The van der Waals surface area contributed by atoms with Gasteiger partial charge >= 0.3 is 0 Å². The highest BCUT2D eigenvalue weighted by Crippen LogP contribution is 2.43. The molecule has 1 aromatic heterocycles. The van der Waals surface area contributed by atoms with Gasteiger partial charge in [0.15, 0.2) is 0 Å². The summed E-state index contributed by atoms with van der Waals surface area (Å²) in [5, 5.41) is 5.06. The molecule has 0 saturated carbocycles. The quantitative estimate of drug-likeness (QED) is 0.590. The molecule has 4 rings (SSSR count). The van der Waals surface area contributed by atoms with Crippen LogP contribution >= 0.6 is 11.3 Å². The number of nitrogens with one attached hydrogen (secondary N) is 1. The van der Waals surface area contributed by atoms with E-state index in [1.165, 1.54) is 0 Å². The predicted octanol–water partition coefficient (Wildman–Crippen LogP) is 4.03. The van der Waals surface area contributed by atoms with E-state index in [0.717, 1.165) is 27.5 Å². The van der Waals surface area contributed by atoms with Crippen LogP contribution in [-0.2, 0) is 11.2 Å². The summed E-state index contributed by atoms with van der Waals surface area (Å²) in [6.07, 6.45) is 0.596. The standard InChI is InChI=1S/C25H26N2O4S/c1-27-23(21-9-6-14-32-21)22(18-7-4-5-8-19(18)25(27)29)24(28)26-13-12-16-15-17(30-2)10-11-20(16)31-3/h4-11,14-15,22-23H,12-13H2,1-3H3,(H,26,28)/t22-,23+/m1/s1. The highest BCUT2D eigenvalue weighted by atomic mass is 32.1. The molecule has 1 aliphatic rings. The fourth-order valence-electron chi connectivity index (χ4n) is 4.28. The Bertz CT molecular complexity index is 1110. The second-order valence-electron chi connectivity index (χ2n) is 7.66. The maximum atomic E-state index is 13.5. The number of methoxy groups -OCH3 is 2. The smallest absolute Gasteiger partial charge is 0.254 e. The van der Waals surface area contributed by atoms with Crippen molar-refractivity contribution in [1.29, 1.82) is 0 Å². The zero-order chi connectivity index (χ0) is 22.7. The lowest BCUT2D eigenvalue weighted by Gasteiger charge is -2.39. The lowest BCUT2D eigenvalue weighted by molar-refractivity contribution is -0.124. The highest BCUT2D eigenvalue weighted by Gasteiger charge is 2.42. The fourth-order valence-corrected chi connectivity index (χ4v) is 5.18. The summed E-state index contributed by atoms with van der Waals surface area (Å²) in [5.41, 5.74) is 2.31. The summed E-state index contributed by atoms with van der Waals surface area (Å²) < 4.78 is 10.8. The van der Waals surface area contributed by atoms with Crippen LogP contribution in [0.15, 0.2) is 60.0 Å². The monoisotopic (exact) mass is 450 g/mol. The molecule has 0 fully saturated rings. The van der Waals surface area contributed by atoms with E-state index in [1.54, 1.807) is 43.6 Å². The minimum atomic E-state index is -0.486. The van der Waals surface area contributed by atoms with E-state index in [0.29, 0.717) is 18.5 Å². The second-order valence-corrected chi connectivity index (χ2v) is 8.64. The Kier molecular flexibility index (Phi) is 6.46. The molecule has 32 heavy (non-hydrogen) atoms. The molecule has 3 aromatic rings. The maximum Gasteiger partial charge on any atom is 0.254 e. The van der Waals surface area contributed by atoms with Gasteiger partial charge < -0.3 is 19.7 Å². The van der Waals surface area contributed by atoms with Crippen molar-refractivity contribution in [3.8, 4) is 11.5 Å². The average molecular weight is 451 g/mol. The number of amides is 2. The Balaban J connectivity index is 1.58. The van der Waals surface area contributed by atoms with E-state index in [2.05, 4.69) is 5.32 Å². The van der Waals surface area contributed by atoms with Gasteiger partial charge in [0.1, 0.15) is 11.5 Å². The number of ether oxygens (including phenoxy) is 2. The Hall–Kier alpha value is -3.32. The van der Waals surface area contributed by atoms with Gasteiger partial charge in [-0.1, -0.05) is 24.3 Å². The number of thiophene rings is 1. The van der Waals surface area contributed by atoms with E-state index in [4.69, 9.17) is 9.47 Å². The molecule has 0 radical (unpaired) electrons. The number of fused-ring (bicyclic) bond motifs is 1. The molecule has 166 valence electrons. The van der Waals surface area contributed by atoms with E-state index in [-0.39, 0.29) is 17.9 Å². The molecule has 2 heterocycles. The third-order valence-corrected chi connectivity index (χ3v) is 6.82. The molecule has 2 atom stereocenters. The van der Waals surface area contributed by atoms with Crippen LogP contribution in [0.2, 0.25) is 0 Å². The maximum absolute atomic E-state index is 13.5. The lowest BCUT2D eigenvalue weighted by atomic mass is 9.81. The zero-order valence-electron chi connectivity index (χ0n) is 18.3. The van der Waals surface area contributed by atoms with Crippen LogP contribution < -0.4 is 14.8 Å². The van der Waals surface area contributed by atoms with Crippen LogP contribution in [0.25, 0.3) is 0 Å². The topological polar surface area (TPSA) is 67.9 Å². The van der Waals surface area contributed by atoms with E-state index in [1.807, 2.05) is 53.9 Å². The van der Waals surface area contributed by atoms with Gasteiger partial charge in [0.25, 0.3) is 5.91 Å². The van der Waals surface area contributed by atoms with Gasteiger partial charge in [0, 0.05) is 24.0 Å². The van der Waals surface area contributed by atoms with Gasteiger partial charge in [-0.3, -0.25) is 9.59 Å². The van der Waals surface area contributed by atoms with Crippen LogP contribution in [0.5, 0.6) is 11.5 Å². The van der Waals surface area contributed by atoms with E-state index >= 15 is 0 Å². The highest BCUT2D eigenvalue weighted by molar-refractivity contribution is 7.10. The van der Waals surface area contributed by atoms with Crippen LogP contribution in [0.1, 0.15) is 38.3 Å². The summed E-state index contributed by atoms with van der Waals surface area (Å²) in [4.78, 5) is 29.2. The normalized spacial score (nSPS) is 17.6. The SMILES string of the molecule is COc1ccc(OC)c(CCNC(=O)[C@@H]2c3ccccc3C(=O)N(C)[C@H]2c2cccs2)c1. The molecule has 6 nitrogen and oxygen atoms in total. The lowest BCUT2D eigenvalue weighted by Crippen LogP contribution is -2.45. The Morgan fingerprint density at radius 1 is 1.09 bits per heavy atom. The van der Waals surface area contributed by atoms with Crippen molar-refractivity contribution >= 4 is 23.2 Å². The van der Waals surface area contributed by atoms with Crippen LogP contribution in [0, 0.1) is 0 Å². The van der Waals surface area contributed by atoms with Crippen molar-refractivity contribution in [3.05, 3.63) is 81.5 Å². The first-order valence-electron chi connectivity index (χ1n) is 10.4. The second kappa shape index (κ2) is 9.44. The number of hydrogen-bond donors (Lipinski definition) is 1. The molecule has 1 aliphatic heterocycles. The van der Waals surface area contributed by atoms with Crippen molar-refractivity contribution in [2.24, 2.45) is 0 Å². The van der Waals surface area contributed by atoms with Gasteiger partial charge in [0.05, 0.1) is 26.2 Å². The summed E-state index contributed by atoms with van der Waals surface area (Å²) in [7, 11) is 5.02.